The predicted octanol–water partition coefficient (Wildman–Crippen LogP) is 5.46. The van der Waals surface area contributed by atoms with Crippen molar-refractivity contribution in [1.82, 2.24) is 10.2 Å². The monoisotopic (exact) mass is 404 g/mol. The summed E-state index contributed by atoms with van der Waals surface area (Å²) in [6.45, 7) is 4.73. The number of benzene rings is 3. The van der Waals surface area contributed by atoms with E-state index in [0.29, 0.717) is 24.9 Å². The molecule has 3 aromatic rings. The minimum Gasteiger partial charge on any atom is -0.352 e. The Morgan fingerprint density at radius 1 is 1.10 bits per heavy atom. The van der Waals surface area contributed by atoms with E-state index in [0.717, 1.165) is 31.5 Å². The summed E-state index contributed by atoms with van der Waals surface area (Å²) < 4.78 is 13.0. The molecule has 0 bridgehead atoms. The Hall–Kier alpha value is -2.72. The number of amides is 1. The second-order valence-electron chi connectivity index (χ2n) is 8.35. The van der Waals surface area contributed by atoms with Crippen LogP contribution in [0.2, 0.25) is 0 Å². The molecular weight excluding hydrogens is 375 g/mol. The van der Waals surface area contributed by atoms with Gasteiger partial charge in [0, 0.05) is 25.6 Å². The van der Waals surface area contributed by atoms with Gasteiger partial charge in [0.05, 0.1) is 0 Å². The maximum atomic E-state index is 13.0. The molecule has 1 heterocycles. The molecule has 1 saturated heterocycles. The molecule has 1 N–H and O–H groups in total. The van der Waals surface area contributed by atoms with Crippen LogP contribution in [0.5, 0.6) is 0 Å². The third kappa shape index (κ3) is 4.88. The lowest BCUT2D eigenvalue weighted by molar-refractivity contribution is -0.122. The highest BCUT2D eigenvalue weighted by Crippen LogP contribution is 2.32. The van der Waals surface area contributed by atoms with E-state index < -0.39 is 0 Å². The van der Waals surface area contributed by atoms with Gasteiger partial charge < -0.3 is 5.32 Å². The Balaban J connectivity index is 1.35. The Kier molecular flexibility index (Phi) is 6.44. The highest BCUT2D eigenvalue weighted by Gasteiger charge is 2.26. The van der Waals surface area contributed by atoms with Gasteiger partial charge in [-0.25, -0.2) is 4.39 Å². The van der Waals surface area contributed by atoms with Crippen LogP contribution in [0, 0.1) is 11.7 Å². The summed E-state index contributed by atoms with van der Waals surface area (Å²) in [5, 5.41) is 5.57. The van der Waals surface area contributed by atoms with Crippen molar-refractivity contribution in [2.45, 2.75) is 38.8 Å². The molecule has 4 heteroatoms. The Morgan fingerprint density at radius 3 is 2.70 bits per heavy atom. The summed E-state index contributed by atoms with van der Waals surface area (Å²) >= 11 is 0. The van der Waals surface area contributed by atoms with E-state index >= 15 is 0 Å². The van der Waals surface area contributed by atoms with Crippen LogP contribution < -0.4 is 5.32 Å². The summed E-state index contributed by atoms with van der Waals surface area (Å²) in [4.78, 5) is 15.0. The van der Waals surface area contributed by atoms with Crippen molar-refractivity contribution in [3.8, 4) is 0 Å². The molecular formula is C26H29FN2O. The van der Waals surface area contributed by atoms with Gasteiger partial charge in [-0.3, -0.25) is 9.69 Å². The second-order valence-corrected chi connectivity index (χ2v) is 8.35. The SMILES string of the molecule is CC(c1cccc2ccccc12)N1CCCC(CC(=O)NCc2ccc(F)cc2)C1. The first-order valence-electron chi connectivity index (χ1n) is 10.8. The lowest BCUT2D eigenvalue weighted by atomic mass is 9.91. The zero-order valence-electron chi connectivity index (χ0n) is 17.5. The lowest BCUT2D eigenvalue weighted by Gasteiger charge is -2.37. The first kappa shape index (κ1) is 20.5. The number of nitrogens with zero attached hydrogens (tertiary/aromatic N) is 1. The molecule has 2 unspecified atom stereocenters. The largest absolute Gasteiger partial charge is 0.352 e. The smallest absolute Gasteiger partial charge is 0.220 e. The average molecular weight is 405 g/mol. The Bertz CT molecular complexity index is 996. The van der Waals surface area contributed by atoms with Gasteiger partial charge in [-0.2, -0.15) is 0 Å². The summed E-state index contributed by atoms with van der Waals surface area (Å²) in [6.07, 6.45) is 2.74. The maximum Gasteiger partial charge on any atom is 0.220 e. The van der Waals surface area contributed by atoms with Crippen LogP contribution in [-0.2, 0) is 11.3 Å². The number of fused-ring (bicyclic) bond motifs is 1. The number of rotatable bonds is 6. The Labute approximate surface area is 177 Å². The van der Waals surface area contributed by atoms with Crippen LogP contribution >= 0.6 is 0 Å². The van der Waals surface area contributed by atoms with Crippen LogP contribution in [0.1, 0.15) is 43.4 Å². The minimum absolute atomic E-state index is 0.0731. The fourth-order valence-corrected chi connectivity index (χ4v) is 4.56. The molecule has 1 amide bonds. The molecule has 0 saturated carbocycles. The summed E-state index contributed by atoms with van der Waals surface area (Å²) in [7, 11) is 0. The van der Waals surface area contributed by atoms with E-state index in [1.54, 1.807) is 12.1 Å². The molecule has 4 rings (SSSR count). The van der Waals surface area contributed by atoms with Gasteiger partial charge in [-0.05, 0) is 66.3 Å². The van der Waals surface area contributed by atoms with Crippen molar-refractivity contribution in [3.05, 3.63) is 83.7 Å². The van der Waals surface area contributed by atoms with Crippen molar-refractivity contribution in [3.63, 3.8) is 0 Å². The molecule has 0 radical (unpaired) electrons. The van der Waals surface area contributed by atoms with Crippen LogP contribution in [0.15, 0.2) is 66.7 Å². The molecule has 0 spiro atoms. The van der Waals surface area contributed by atoms with Crippen molar-refractivity contribution in [1.29, 1.82) is 0 Å². The predicted molar refractivity (Wildman–Crippen MR) is 120 cm³/mol. The molecule has 0 aliphatic carbocycles. The molecule has 2 atom stereocenters. The zero-order chi connectivity index (χ0) is 20.9. The summed E-state index contributed by atoms with van der Waals surface area (Å²) in [5.41, 5.74) is 2.27. The van der Waals surface area contributed by atoms with Gasteiger partial charge in [-0.15, -0.1) is 0 Å². The quantitative estimate of drug-likeness (QED) is 0.592. The van der Waals surface area contributed by atoms with E-state index in [2.05, 4.69) is 59.6 Å². The molecule has 1 aliphatic heterocycles. The van der Waals surface area contributed by atoms with E-state index in [-0.39, 0.29) is 11.7 Å². The number of likely N-dealkylation sites (tertiary alicyclic amines) is 1. The normalized spacial score (nSPS) is 18.3. The first-order chi connectivity index (χ1) is 14.6. The van der Waals surface area contributed by atoms with Crippen molar-refractivity contribution in [2.24, 2.45) is 5.92 Å². The number of hydrogen-bond acceptors (Lipinski definition) is 2. The van der Waals surface area contributed by atoms with Gasteiger partial charge in [-0.1, -0.05) is 54.6 Å². The standard InChI is InChI=1S/C26H29FN2O/c1-19(24-10-4-8-22-7-2-3-9-25(22)24)29-15-5-6-21(18-29)16-26(30)28-17-20-11-13-23(27)14-12-20/h2-4,7-14,19,21H,5-6,15-18H2,1H3,(H,28,30). The van der Waals surface area contributed by atoms with E-state index in [9.17, 15) is 9.18 Å². The number of piperidine rings is 1. The third-order valence-electron chi connectivity index (χ3n) is 6.25. The van der Waals surface area contributed by atoms with Crippen LogP contribution in [0.3, 0.4) is 0 Å². The van der Waals surface area contributed by atoms with E-state index in [4.69, 9.17) is 0 Å². The summed E-state index contributed by atoms with van der Waals surface area (Å²) in [6, 6.07) is 21.7. The number of hydrogen-bond donors (Lipinski definition) is 1. The van der Waals surface area contributed by atoms with Gasteiger partial charge >= 0.3 is 0 Å². The average Bonchev–Trinajstić information content (AvgIpc) is 2.78. The number of carbonyl (C=O) groups is 1. The van der Waals surface area contributed by atoms with Gasteiger partial charge in [0.2, 0.25) is 5.91 Å². The number of nitrogens with one attached hydrogen (secondary N) is 1. The lowest BCUT2D eigenvalue weighted by Crippen LogP contribution is -2.39. The van der Waals surface area contributed by atoms with Crippen LogP contribution in [0.25, 0.3) is 10.8 Å². The first-order valence-corrected chi connectivity index (χ1v) is 10.8. The molecule has 3 aromatic carbocycles. The fourth-order valence-electron chi connectivity index (χ4n) is 4.56. The van der Waals surface area contributed by atoms with Crippen LogP contribution in [0.4, 0.5) is 4.39 Å². The van der Waals surface area contributed by atoms with Crippen molar-refractivity contribution < 1.29 is 9.18 Å². The van der Waals surface area contributed by atoms with Gasteiger partial charge in [0.1, 0.15) is 5.82 Å². The molecule has 3 nitrogen and oxygen atoms in total. The number of carbonyl (C=O) groups excluding carboxylic acids is 1. The van der Waals surface area contributed by atoms with Crippen LogP contribution in [-0.4, -0.2) is 23.9 Å². The third-order valence-corrected chi connectivity index (χ3v) is 6.25. The number of halogens is 1. The highest BCUT2D eigenvalue weighted by atomic mass is 19.1. The topological polar surface area (TPSA) is 32.3 Å². The minimum atomic E-state index is -0.257. The molecule has 30 heavy (non-hydrogen) atoms. The second kappa shape index (κ2) is 9.40. The highest BCUT2D eigenvalue weighted by molar-refractivity contribution is 5.86. The maximum absolute atomic E-state index is 13.0. The van der Waals surface area contributed by atoms with E-state index in [1.165, 1.54) is 28.5 Å². The fraction of sp³-hybridized carbons (Fsp3) is 0.346. The zero-order valence-corrected chi connectivity index (χ0v) is 17.5. The van der Waals surface area contributed by atoms with E-state index in [1.807, 2.05) is 0 Å². The molecule has 156 valence electrons. The summed E-state index contributed by atoms with van der Waals surface area (Å²) in [5.74, 6) is 0.182. The van der Waals surface area contributed by atoms with Gasteiger partial charge in [0.25, 0.3) is 0 Å². The van der Waals surface area contributed by atoms with Gasteiger partial charge in [0.15, 0.2) is 0 Å². The Morgan fingerprint density at radius 2 is 1.87 bits per heavy atom. The molecule has 1 fully saturated rings. The van der Waals surface area contributed by atoms with Crippen molar-refractivity contribution >= 4 is 16.7 Å². The molecule has 1 aliphatic rings. The molecule has 0 aromatic heterocycles. The van der Waals surface area contributed by atoms with Crippen molar-refractivity contribution in [2.75, 3.05) is 13.1 Å².